The van der Waals surface area contributed by atoms with Gasteiger partial charge in [0.1, 0.15) is 0 Å². The molecule has 2 atom stereocenters. The van der Waals surface area contributed by atoms with E-state index < -0.39 is 0 Å². The molecule has 0 spiro atoms. The van der Waals surface area contributed by atoms with Crippen LogP contribution in [0.5, 0.6) is 0 Å². The molecule has 2 heterocycles. The average Bonchev–Trinajstić information content (AvgIpc) is 3.13. The van der Waals surface area contributed by atoms with Crippen LogP contribution in [0.1, 0.15) is 20.3 Å². The molecular weight excluding hydrogens is 439 g/mol. The summed E-state index contributed by atoms with van der Waals surface area (Å²) >= 11 is 5.92. The van der Waals surface area contributed by atoms with Crippen LogP contribution < -0.4 is 15.1 Å². The van der Waals surface area contributed by atoms with E-state index in [2.05, 4.69) is 47.2 Å². The summed E-state index contributed by atoms with van der Waals surface area (Å²) in [5.74, 6) is -0.408. The number of nitrogens with one attached hydrogen (secondary N) is 1. The lowest BCUT2D eigenvalue weighted by Gasteiger charge is -2.36. The highest BCUT2D eigenvalue weighted by molar-refractivity contribution is 6.31. The third kappa shape index (κ3) is 5.33. The van der Waals surface area contributed by atoms with Gasteiger partial charge in [-0.15, -0.1) is 0 Å². The topological polar surface area (TPSA) is 38.8 Å². The van der Waals surface area contributed by atoms with Crippen molar-refractivity contribution in [3.63, 3.8) is 0 Å². The zero-order valence-electron chi connectivity index (χ0n) is 19.3. The van der Waals surface area contributed by atoms with Crippen LogP contribution in [0.15, 0.2) is 60.3 Å². The lowest BCUT2D eigenvalue weighted by Crippen LogP contribution is -2.47. The Bertz CT molecular complexity index is 991. The molecule has 1 saturated heterocycles. The van der Waals surface area contributed by atoms with Crippen LogP contribution in [0.25, 0.3) is 0 Å². The predicted molar refractivity (Wildman–Crippen MR) is 133 cm³/mol. The summed E-state index contributed by atoms with van der Waals surface area (Å²) in [5, 5.41) is 3.29. The molecule has 1 fully saturated rings. The SMILES string of the molecule is CC1=CC(C(=O)NCCCN2CCN(c3cccc(Cl)c3F)CC2)C(C)N1c1ccccc1. The van der Waals surface area contributed by atoms with Gasteiger partial charge in [0.25, 0.3) is 0 Å². The molecule has 4 rings (SSSR count). The summed E-state index contributed by atoms with van der Waals surface area (Å²) < 4.78 is 14.3. The van der Waals surface area contributed by atoms with Gasteiger partial charge in [-0.3, -0.25) is 9.69 Å². The summed E-state index contributed by atoms with van der Waals surface area (Å²) in [6.45, 7) is 9.01. The minimum absolute atomic E-state index is 0.0848. The van der Waals surface area contributed by atoms with E-state index in [4.69, 9.17) is 11.6 Å². The van der Waals surface area contributed by atoms with E-state index in [9.17, 15) is 9.18 Å². The quantitative estimate of drug-likeness (QED) is 0.603. The van der Waals surface area contributed by atoms with Gasteiger partial charge < -0.3 is 15.1 Å². The van der Waals surface area contributed by atoms with Crippen LogP contribution in [-0.2, 0) is 4.79 Å². The van der Waals surface area contributed by atoms with Gasteiger partial charge in [0.15, 0.2) is 5.82 Å². The largest absolute Gasteiger partial charge is 0.367 e. The van der Waals surface area contributed by atoms with Crippen molar-refractivity contribution >= 4 is 28.9 Å². The molecule has 0 saturated carbocycles. The van der Waals surface area contributed by atoms with Gasteiger partial charge in [-0.25, -0.2) is 4.39 Å². The van der Waals surface area contributed by atoms with E-state index in [1.807, 2.05) is 23.1 Å². The van der Waals surface area contributed by atoms with Crippen molar-refractivity contribution in [3.8, 4) is 0 Å². The molecule has 0 aliphatic carbocycles. The third-order valence-electron chi connectivity index (χ3n) is 6.66. The molecule has 0 radical (unpaired) electrons. The van der Waals surface area contributed by atoms with Crippen LogP contribution in [0.4, 0.5) is 15.8 Å². The number of benzene rings is 2. The molecule has 2 aliphatic rings. The number of hydrogen-bond donors (Lipinski definition) is 1. The first-order valence-electron chi connectivity index (χ1n) is 11.7. The number of anilines is 2. The summed E-state index contributed by atoms with van der Waals surface area (Å²) in [7, 11) is 0. The van der Waals surface area contributed by atoms with E-state index in [0.717, 1.165) is 50.5 Å². The Labute approximate surface area is 200 Å². The van der Waals surface area contributed by atoms with Gasteiger partial charge >= 0.3 is 0 Å². The van der Waals surface area contributed by atoms with E-state index in [0.29, 0.717) is 12.2 Å². The molecule has 2 aromatic carbocycles. The Morgan fingerprint density at radius 2 is 1.82 bits per heavy atom. The highest BCUT2D eigenvalue weighted by atomic mass is 35.5. The zero-order valence-corrected chi connectivity index (χ0v) is 20.1. The Kier molecular flexibility index (Phi) is 7.56. The molecule has 0 aromatic heterocycles. The van der Waals surface area contributed by atoms with Crippen LogP contribution in [0.3, 0.4) is 0 Å². The van der Waals surface area contributed by atoms with Gasteiger partial charge in [-0.05, 0) is 51.1 Å². The Morgan fingerprint density at radius 1 is 1.09 bits per heavy atom. The van der Waals surface area contributed by atoms with E-state index in [-0.39, 0.29) is 28.7 Å². The highest BCUT2D eigenvalue weighted by Gasteiger charge is 2.34. The summed E-state index contributed by atoms with van der Waals surface area (Å²) in [4.78, 5) is 19.5. The van der Waals surface area contributed by atoms with Gasteiger partial charge in [-0.1, -0.05) is 41.9 Å². The number of carbonyl (C=O) groups is 1. The van der Waals surface area contributed by atoms with E-state index in [1.54, 1.807) is 18.2 Å². The van der Waals surface area contributed by atoms with Crippen molar-refractivity contribution in [2.75, 3.05) is 49.1 Å². The van der Waals surface area contributed by atoms with E-state index in [1.165, 1.54) is 0 Å². The Hall–Kier alpha value is -2.57. The summed E-state index contributed by atoms with van der Waals surface area (Å²) in [5.41, 5.74) is 2.81. The molecule has 2 unspecified atom stereocenters. The maximum absolute atomic E-state index is 14.3. The number of piperazine rings is 1. The number of carbonyl (C=O) groups excluding carboxylic acids is 1. The molecule has 176 valence electrons. The monoisotopic (exact) mass is 470 g/mol. The van der Waals surface area contributed by atoms with Crippen molar-refractivity contribution < 1.29 is 9.18 Å². The molecule has 0 bridgehead atoms. The average molecular weight is 471 g/mol. The fraction of sp³-hybridized carbons (Fsp3) is 0.423. The second-order valence-electron chi connectivity index (χ2n) is 8.83. The first-order chi connectivity index (χ1) is 16.0. The second kappa shape index (κ2) is 10.6. The van der Waals surface area contributed by atoms with Crippen molar-refractivity contribution in [2.24, 2.45) is 5.92 Å². The summed E-state index contributed by atoms with van der Waals surface area (Å²) in [6.07, 6.45) is 2.96. The number of halogens is 2. The molecule has 7 heteroatoms. The minimum atomic E-state index is -0.341. The Balaban J connectivity index is 1.19. The first-order valence-corrected chi connectivity index (χ1v) is 12.0. The molecule has 5 nitrogen and oxygen atoms in total. The standard InChI is InChI=1S/C26H32ClFN4O/c1-19-18-22(20(2)32(19)21-8-4-3-5-9-21)26(33)29-12-7-13-30-14-16-31(17-15-30)24-11-6-10-23(27)25(24)28/h3-6,8-11,18,20,22H,7,12-17H2,1-2H3,(H,29,33). The van der Waals surface area contributed by atoms with E-state index >= 15 is 0 Å². The normalized spacial score (nSPS) is 21.3. The van der Waals surface area contributed by atoms with Crippen molar-refractivity contribution in [2.45, 2.75) is 26.3 Å². The predicted octanol–water partition coefficient (Wildman–Crippen LogP) is 4.54. The molecule has 33 heavy (non-hydrogen) atoms. The fourth-order valence-corrected chi connectivity index (χ4v) is 5.03. The maximum atomic E-state index is 14.3. The van der Waals surface area contributed by atoms with Crippen molar-refractivity contribution in [3.05, 3.63) is 71.1 Å². The molecule has 2 aromatic rings. The zero-order chi connectivity index (χ0) is 23.4. The molecule has 2 aliphatic heterocycles. The number of para-hydroxylation sites is 1. The number of hydrogen-bond acceptors (Lipinski definition) is 4. The number of amides is 1. The third-order valence-corrected chi connectivity index (χ3v) is 6.95. The number of allylic oxidation sites excluding steroid dienone is 1. The van der Waals surface area contributed by atoms with Gasteiger partial charge in [-0.2, -0.15) is 0 Å². The molecular formula is C26H32ClFN4O. The van der Waals surface area contributed by atoms with Gasteiger partial charge in [0.2, 0.25) is 5.91 Å². The molecule has 1 N–H and O–H groups in total. The minimum Gasteiger partial charge on any atom is -0.367 e. The highest BCUT2D eigenvalue weighted by Crippen LogP contribution is 2.32. The smallest absolute Gasteiger partial charge is 0.229 e. The fourth-order valence-electron chi connectivity index (χ4n) is 4.86. The van der Waals surface area contributed by atoms with Crippen LogP contribution >= 0.6 is 11.6 Å². The van der Waals surface area contributed by atoms with Crippen molar-refractivity contribution in [1.29, 1.82) is 0 Å². The van der Waals surface area contributed by atoms with Crippen LogP contribution in [0.2, 0.25) is 5.02 Å². The Morgan fingerprint density at radius 3 is 2.55 bits per heavy atom. The maximum Gasteiger partial charge on any atom is 0.229 e. The van der Waals surface area contributed by atoms with Gasteiger partial charge in [0.05, 0.1) is 16.6 Å². The van der Waals surface area contributed by atoms with Crippen molar-refractivity contribution in [1.82, 2.24) is 10.2 Å². The van der Waals surface area contributed by atoms with Crippen LogP contribution in [-0.4, -0.2) is 56.1 Å². The molecule has 1 amide bonds. The lowest BCUT2D eigenvalue weighted by molar-refractivity contribution is -0.123. The lowest BCUT2D eigenvalue weighted by atomic mass is 10.0. The summed E-state index contributed by atoms with van der Waals surface area (Å²) in [6, 6.07) is 15.4. The van der Waals surface area contributed by atoms with Gasteiger partial charge in [0, 0.05) is 50.2 Å². The second-order valence-corrected chi connectivity index (χ2v) is 9.23. The first kappa shape index (κ1) is 23.6. The number of rotatable bonds is 7. The van der Waals surface area contributed by atoms with Crippen LogP contribution in [0, 0.1) is 11.7 Å². The number of nitrogens with zero attached hydrogens (tertiary/aromatic N) is 3.